The summed E-state index contributed by atoms with van der Waals surface area (Å²) in [7, 11) is 6.07. The quantitative estimate of drug-likeness (QED) is 0.731. The minimum Gasteiger partial charge on any atom is -0.364 e. The van der Waals surface area contributed by atoms with Crippen LogP contribution in [0, 0.1) is 5.92 Å². The second kappa shape index (κ2) is 7.25. The van der Waals surface area contributed by atoms with Crippen LogP contribution in [0.1, 0.15) is 43.5 Å². The van der Waals surface area contributed by atoms with E-state index >= 15 is 0 Å². The zero-order valence-corrected chi connectivity index (χ0v) is 14.4. The van der Waals surface area contributed by atoms with E-state index in [1.54, 1.807) is 16.9 Å². The molecule has 0 unspecified atom stereocenters. The van der Waals surface area contributed by atoms with Crippen LogP contribution >= 0.6 is 0 Å². The number of aromatic nitrogens is 4. The third-order valence-electron chi connectivity index (χ3n) is 4.95. The van der Waals surface area contributed by atoms with E-state index in [1.807, 2.05) is 18.2 Å². The van der Waals surface area contributed by atoms with E-state index in [0.29, 0.717) is 12.0 Å². The highest BCUT2D eigenvalue weighted by Crippen LogP contribution is 2.27. The lowest BCUT2D eigenvalue weighted by Crippen LogP contribution is -2.14. The molecule has 0 amide bonds. The van der Waals surface area contributed by atoms with Crippen molar-refractivity contribution in [3.63, 3.8) is 0 Å². The number of nitrogens with zero attached hydrogens (tertiary/aromatic N) is 4. The van der Waals surface area contributed by atoms with Gasteiger partial charge in [0, 0.05) is 24.2 Å². The summed E-state index contributed by atoms with van der Waals surface area (Å²) < 4.78 is 1.78. The van der Waals surface area contributed by atoms with Crippen molar-refractivity contribution in [2.75, 3.05) is 5.32 Å². The largest absolute Gasteiger partial charge is 0.364 e. The number of fused-ring (bicyclic) bond motifs is 1. The van der Waals surface area contributed by atoms with E-state index in [0.717, 1.165) is 35.2 Å². The summed E-state index contributed by atoms with van der Waals surface area (Å²) in [6, 6.07) is 8.03. The second-order valence-corrected chi connectivity index (χ2v) is 6.85. The third-order valence-corrected chi connectivity index (χ3v) is 4.95. The standard InChI is InChI=1S/C19H22BN5/c20-17-13-23-25-18(22-12-15-8-4-5-9-21-15)11-16(24-19(17)25)10-14-6-2-1-3-7-14/h4-5,8-9,11,13-14,22H,1-3,6-7,10,12H2. The molecule has 0 saturated heterocycles. The van der Waals surface area contributed by atoms with Gasteiger partial charge in [0.05, 0.1) is 12.2 Å². The molecule has 6 heteroatoms. The molecule has 1 N–H and O–H groups in total. The molecule has 3 aromatic rings. The maximum Gasteiger partial charge on any atom is 0.150 e. The van der Waals surface area contributed by atoms with E-state index < -0.39 is 0 Å². The first-order valence-electron chi connectivity index (χ1n) is 9.06. The van der Waals surface area contributed by atoms with Crippen molar-refractivity contribution in [2.45, 2.75) is 45.1 Å². The van der Waals surface area contributed by atoms with Crippen molar-refractivity contribution in [1.29, 1.82) is 0 Å². The number of pyridine rings is 1. The Morgan fingerprint density at radius 1 is 1.16 bits per heavy atom. The molecular weight excluding hydrogens is 309 g/mol. The monoisotopic (exact) mass is 331 g/mol. The van der Waals surface area contributed by atoms with Crippen LogP contribution in [0.25, 0.3) is 5.65 Å². The van der Waals surface area contributed by atoms with Gasteiger partial charge in [-0.15, -0.1) is 0 Å². The normalized spacial score (nSPS) is 15.5. The van der Waals surface area contributed by atoms with E-state index in [4.69, 9.17) is 12.8 Å². The number of hydrogen-bond acceptors (Lipinski definition) is 4. The number of hydrogen-bond donors (Lipinski definition) is 1. The Hall–Kier alpha value is -2.37. The fourth-order valence-electron chi connectivity index (χ4n) is 3.63. The van der Waals surface area contributed by atoms with E-state index in [-0.39, 0.29) is 0 Å². The minimum atomic E-state index is 0.617. The highest BCUT2D eigenvalue weighted by molar-refractivity contribution is 6.36. The zero-order chi connectivity index (χ0) is 17.1. The van der Waals surface area contributed by atoms with Crippen LogP contribution < -0.4 is 10.8 Å². The molecule has 1 aliphatic carbocycles. The molecule has 0 aromatic carbocycles. The van der Waals surface area contributed by atoms with Gasteiger partial charge in [0.1, 0.15) is 19.3 Å². The molecule has 3 heterocycles. The highest BCUT2D eigenvalue weighted by atomic mass is 15.3. The van der Waals surface area contributed by atoms with Gasteiger partial charge in [-0.1, -0.05) is 38.2 Å². The van der Waals surface area contributed by atoms with Gasteiger partial charge in [0.15, 0.2) is 0 Å². The van der Waals surface area contributed by atoms with Crippen molar-refractivity contribution in [3.8, 4) is 0 Å². The predicted octanol–water partition coefficient (Wildman–Crippen LogP) is 2.65. The Balaban J connectivity index is 1.59. The zero-order valence-electron chi connectivity index (χ0n) is 14.4. The summed E-state index contributed by atoms with van der Waals surface area (Å²) in [6.07, 6.45) is 11.1. The number of nitrogens with one attached hydrogen (secondary N) is 1. The lowest BCUT2D eigenvalue weighted by atomic mass is 9.86. The van der Waals surface area contributed by atoms with Crippen LogP contribution in [0.2, 0.25) is 0 Å². The summed E-state index contributed by atoms with van der Waals surface area (Å²) in [5.41, 5.74) is 3.43. The average molecular weight is 331 g/mol. The van der Waals surface area contributed by atoms with Crippen molar-refractivity contribution in [1.82, 2.24) is 19.6 Å². The molecule has 126 valence electrons. The number of rotatable bonds is 5. The maximum atomic E-state index is 6.07. The molecule has 5 nitrogen and oxygen atoms in total. The minimum absolute atomic E-state index is 0.617. The van der Waals surface area contributed by atoms with Crippen molar-refractivity contribution < 1.29 is 0 Å². The molecular formula is C19H22BN5. The second-order valence-electron chi connectivity index (χ2n) is 6.85. The Labute approximate surface area is 149 Å². The first-order valence-corrected chi connectivity index (χ1v) is 9.06. The molecule has 2 radical (unpaired) electrons. The van der Waals surface area contributed by atoms with Crippen molar-refractivity contribution >= 4 is 24.8 Å². The first kappa shape index (κ1) is 16.1. The van der Waals surface area contributed by atoms with E-state index in [1.165, 1.54) is 32.1 Å². The molecule has 0 bridgehead atoms. The van der Waals surface area contributed by atoms with Crippen LogP contribution in [0.15, 0.2) is 36.7 Å². The predicted molar refractivity (Wildman–Crippen MR) is 100 cm³/mol. The fraction of sp³-hybridized carbons (Fsp3) is 0.421. The summed E-state index contributed by atoms with van der Waals surface area (Å²) in [5.74, 6) is 1.65. The van der Waals surface area contributed by atoms with E-state index in [9.17, 15) is 0 Å². The van der Waals surface area contributed by atoms with Crippen LogP contribution in [0.5, 0.6) is 0 Å². The lowest BCUT2D eigenvalue weighted by molar-refractivity contribution is 0.354. The van der Waals surface area contributed by atoms with Crippen LogP contribution in [0.4, 0.5) is 5.82 Å². The summed E-state index contributed by atoms with van der Waals surface area (Å²) in [6.45, 7) is 0.641. The van der Waals surface area contributed by atoms with Gasteiger partial charge in [0.2, 0.25) is 0 Å². The van der Waals surface area contributed by atoms with Crippen LogP contribution in [-0.4, -0.2) is 27.4 Å². The molecule has 1 saturated carbocycles. The van der Waals surface area contributed by atoms with Gasteiger partial charge in [-0.05, 0) is 29.9 Å². The summed E-state index contributed by atoms with van der Waals surface area (Å²) in [5, 5.41) is 7.80. The number of anilines is 1. The third kappa shape index (κ3) is 3.68. The van der Waals surface area contributed by atoms with Gasteiger partial charge >= 0.3 is 0 Å². The molecule has 0 aliphatic heterocycles. The summed E-state index contributed by atoms with van der Waals surface area (Å²) >= 11 is 0. The lowest BCUT2D eigenvalue weighted by Gasteiger charge is -2.21. The van der Waals surface area contributed by atoms with Gasteiger partial charge in [-0.2, -0.15) is 9.61 Å². The molecule has 4 rings (SSSR count). The van der Waals surface area contributed by atoms with Gasteiger partial charge in [0.25, 0.3) is 0 Å². The average Bonchev–Trinajstić information content (AvgIpc) is 3.03. The van der Waals surface area contributed by atoms with Crippen molar-refractivity contribution in [2.24, 2.45) is 5.92 Å². The van der Waals surface area contributed by atoms with Gasteiger partial charge in [-0.3, -0.25) is 4.98 Å². The van der Waals surface area contributed by atoms with E-state index in [2.05, 4.69) is 21.5 Å². The molecule has 0 spiro atoms. The Morgan fingerprint density at radius 3 is 2.84 bits per heavy atom. The molecule has 25 heavy (non-hydrogen) atoms. The maximum absolute atomic E-state index is 6.07. The summed E-state index contributed by atoms with van der Waals surface area (Å²) in [4.78, 5) is 9.13. The molecule has 0 atom stereocenters. The van der Waals surface area contributed by atoms with Crippen molar-refractivity contribution in [3.05, 3.63) is 48.0 Å². The van der Waals surface area contributed by atoms with Crippen LogP contribution in [0.3, 0.4) is 0 Å². The Bertz CT molecular complexity index is 840. The Kier molecular flexibility index (Phi) is 4.68. The first-order chi connectivity index (χ1) is 12.3. The SMILES string of the molecule is [B]c1cnn2c(NCc3ccccn3)cc(CC3CCCCC3)nc12. The van der Waals surface area contributed by atoms with Crippen LogP contribution in [-0.2, 0) is 13.0 Å². The topological polar surface area (TPSA) is 55.1 Å². The van der Waals surface area contributed by atoms with Gasteiger partial charge < -0.3 is 5.32 Å². The fourth-order valence-corrected chi connectivity index (χ4v) is 3.63. The highest BCUT2D eigenvalue weighted by Gasteiger charge is 2.16. The molecule has 1 fully saturated rings. The molecule has 3 aromatic heterocycles. The Morgan fingerprint density at radius 2 is 2.04 bits per heavy atom. The smallest absolute Gasteiger partial charge is 0.150 e. The van der Waals surface area contributed by atoms with Gasteiger partial charge in [-0.25, -0.2) is 4.98 Å². The molecule has 1 aliphatic rings.